The number of carbonyl (C=O) groups excluding carboxylic acids is 2. The van der Waals surface area contributed by atoms with E-state index in [-0.39, 0.29) is 16.5 Å². The highest BCUT2D eigenvalue weighted by Crippen LogP contribution is 2.24. The maximum absolute atomic E-state index is 13.4. The van der Waals surface area contributed by atoms with E-state index in [4.69, 9.17) is 11.6 Å². The van der Waals surface area contributed by atoms with E-state index in [1.165, 1.54) is 0 Å². The largest absolute Gasteiger partial charge is 0.358 e. The molecule has 1 heterocycles. The van der Waals surface area contributed by atoms with Gasteiger partial charge in [-0.2, -0.15) is 0 Å². The number of carbonyl (C=O) groups is 2. The second-order valence-corrected chi connectivity index (χ2v) is 3.43. The number of ketones is 1. The van der Waals surface area contributed by atoms with Crippen LogP contribution in [-0.4, -0.2) is 16.0 Å². The van der Waals surface area contributed by atoms with Crippen LogP contribution in [0.3, 0.4) is 0 Å². The fourth-order valence-electron chi connectivity index (χ4n) is 1.46. The molecule has 2 aromatic rings. The number of benzene rings is 1. The zero-order chi connectivity index (χ0) is 11.9. The Labute approximate surface area is 93.0 Å². The molecular weight excluding hydrogens is 240 g/mol. The van der Waals surface area contributed by atoms with E-state index < -0.39 is 22.7 Å². The van der Waals surface area contributed by atoms with Gasteiger partial charge in [-0.3, -0.25) is 9.59 Å². The quantitative estimate of drug-likeness (QED) is 0.500. The van der Waals surface area contributed by atoms with Crippen molar-refractivity contribution in [3.05, 3.63) is 35.5 Å². The molecule has 6 heteroatoms. The maximum atomic E-state index is 13.4. The lowest BCUT2D eigenvalue weighted by molar-refractivity contribution is -0.108. The first-order chi connectivity index (χ1) is 7.52. The summed E-state index contributed by atoms with van der Waals surface area (Å²) in [6.45, 7) is 0. The Kier molecular flexibility index (Phi) is 2.47. The molecule has 0 aliphatic carbocycles. The van der Waals surface area contributed by atoms with E-state index in [0.29, 0.717) is 0 Å². The molecule has 0 unspecified atom stereocenters. The molecule has 0 saturated carbocycles. The summed E-state index contributed by atoms with van der Waals surface area (Å²) in [7, 11) is 0. The third-order valence-electron chi connectivity index (χ3n) is 2.16. The molecule has 0 saturated heterocycles. The average molecular weight is 244 g/mol. The Morgan fingerprint density at radius 3 is 2.44 bits per heavy atom. The predicted molar refractivity (Wildman–Crippen MR) is 53.4 cm³/mol. The number of aromatic nitrogens is 1. The molecule has 16 heavy (non-hydrogen) atoms. The van der Waals surface area contributed by atoms with Gasteiger partial charge in [-0.15, -0.1) is 0 Å². The number of nitrogens with one attached hydrogen (secondary N) is 1. The topological polar surface area (TPSA) is 49.9 Å². The minimum atomic E-state index is -1.25. The van der Waals surface area contributed by atoms with Crippen molar-refractivity contribution >= 4 is 33.5 Å². The molecular formula is C10H4ClF2NO2. The highest BCUT2D eigenvalue weighted by atomic mass is 35.5. The molecule has 0 fully saturated rings. The SMILES string of the molecule is O=C(Cl)C(=O)c1c[nH]c2c(F)ccc(F)c12. The summed E-state index contributed by atoms with van der Waals surface area (Å²) < 4.78 is 26.6. The third kappa shape index (κ3) is 1.49. The fraction of sp³-hybridized carbons (Fsp3) is 0. The number of aromatic amines is 1. The van der Waals surface area contributed by atoms with E-state index in [0.717, 1.165) is 18.3 Å². The van der Waals surface area contributed by atoms with Gasteiger partial charge in [-0.1, -0.05) is 0 Å². The van der Waals surface area contributed by atoms with Crippen LogP contribution in [-0.2, 0) is 4.79 Å². The standard InChI is InChI=1S/C10H4ClF2NO2/c11-10(16)9(15)4-3-14-8-6(13)2-1-5(12)7(4)8/h1-3,14H. The van der Waals surface area contributed by atoms with Crippen LogP contribution >= 0.6 is 11.6 Å². The molecule has 1 N–H and O–H groups in total. The van der Waals surface area contributed by atoms with Crippen LogP contribution in [0.1, 0.15) is 10.4 Å². The summed E-state index contributed by atoms with van der Waals surface area (Å²) in [5, 5.41) is -1.51. The third-order valence-corrected chi connectivity index (χ3v) is 2.33. The Balaban J connectivity index is 2.78. The van der Waals surface area contributed by atoms with Crippen molar-refractivity contribution in [2.45, 2.75) is 0 Å². The van der Waals surface area contributed by atoms with Crippen LogP contribution in [0.15, 0.2) is 18.3 Å². The molecule has 0 bridgehead atoms. The lowest BCUT2D eigenvalue weighted by Gasteiger charge is -1.96. The first-order valence-corrected chi connectivity index (χ1v) is 4.59. The number of Topliss-reactive ketones (excluding diaryl/α,β-unsaturated/α-hetero) is 1. The van der Waals surface area contributed by atoms with Gasteiger partial charge in [0, 0.05) is 11.6 Å². The van der Waals surface area contributed by atoms with E-state index in [1.54, 1.807) is 0 Å². The molecule has 0 radical (unpaired) electrons. The second kappa shape index (κ2) is 3.68. The number of rotatable bonds is 2. The van der Waals surface area contributed by atoms with Crippen molar-refractivity contribution in [3.8, 4) is 0 Å². The Morgan fingerprint density at radius 2 is 1.81 bits per heavy atom. The summed E-state index contributed by atoms with van der Waals surface area (Å²) in [6, 6.07) is 1.80. The average Bonchev–Trinajstić information content (AvgIpc) is 2.67. The van der Waals surface area contributed by atoms with Crippen LogP contribution in [0.2, 0.25) is 0 Å². The number of halogens is 3. The van der Waals surface area contributed by atoms with E-state index >= 15 is 0 Å². The first kappa shape index (κ1) is 10.8. The van der Waals surface area contributed by atoms with Crippen molar-refractivity contribution in [3.63, 3.8) is 0 Å². The number of H-pyrrole nitrogens is 1. The molecule has 2 rings (SSSR count). The Bertz CT molecular complexity index is 606. The molecule has 0 amide bonds. The highest BCUT2D eigenvalue weighted by Gasteiger charge is 2.21. The lowest BCUT2D eigenvalue weighted by atomic mass is 10.1. The molecule has 0 atom stereocenters. The van der Waals surface area contributed by atoms with Gasteiger partial charge in [-0.05, 0) is 23.7 Å². The smallest absolute Gasteiger partial charge is 0.293 e. The van der Waals surface area contributed by atoms with E-state index in [9.17, 15) is 18.4 Å². The normalized spacial score (nSPS) is 10.7. The van der Waals surface area contributed by atoms with Crippen LogP contribution in [0.4, 0.5) is 8.78 Å². The van der Waals surface area contributed by atoms with Gasteiger partial charge in [-0.25, -0.2) is 8.78 Å². The van der Waals surface area contributed by atoms with Crippen molar-refractivity contribution in [1.29, 1.82) is 0 Å². The highest BCUT2D eigenvalue weighted by molar-refractivity contribution is 6.83. The number of fused-ring (bicyclic) bond motifs is 1. The van der Waals surface area contributed by atoms with Crippen LogP contribution in [0, 0.1) is 11.6 Å². The zero-order valence-corrected chi connectivity index (χ0v) is 8.44. The van der Waals surface area contributed by atoms with Crippen molar-refractivity contribution in [1.82, 2.24) is 4.98 Å². The van der Waals surface area contributed by atoms with Gasteiger partial charge >= 0.3 is 0 Å². The van der Waals surface area contributed by atoms with Gasteiger partial charge in [0.15, 0.2) is 0 Å². The van der Waals surface area contributed by atoms with Crippen LogP contribution < -0.4 is 0 Å². The molecule has 0 aliphatic rings. The lowest BCUT2D eigenvalue weighted by Crippen LogP contribution is -2.06. The second-order valence-electron chi connectivity index (χ2n) is 3.08. The molecule has 1 aromatic carbocycles. The van der Waals surface area contributed by atoms with Crippen LogP contribution in [0.25, 0.3) is 10.9 Å². The number of hydrogen-bond acceptors (Lipinski definition) is 2. The Hall–Kier alpha value is -1.75. The summed E-state index contributed by atoms with van der Waals surface area (Å²) in [4.78, 5) is 24.3. The van der Waals surface area contributed by atoms with Gasteiger partial charge in [0.05, 0.1) is 11.1 Å². The molecule has 3 nitrogen and oxygen atoms in total. The fourth-order valence-corrected chi connectivity index (χ4v) is 1.56. The minimum absolute atomic E-state index is 0.165. The summed E-state index contributed by atoms with van der Waals surface area (Å²) in [5.74, 6) is -2.58. The first-order valence-electron chi connectivity index (χ1n) is 4.21. The van der Waals surface area contributed by atoms with E-state index in [2.05, 4.69) is 4.98 Å². The predicted octanol–water partition coefficient (Wildman–Crippen LogP) is 2.39. The molecule has 82 valence electrons. The van der Waals surface area contributed by atoms with Gasteiger partial charge < -0.3 is 4.98 Å². The van der Waals surface area contributed by atoms with Crippen molar-refractivity contribution < 1.29 is 18.4 Å². The van der Waals surface area contributed by atoms with Gasteiger partial charge in [0.25, 0.3) is 5.24 Å². The Morgan fingerprint density at radius 1 is 1.19 bits per heavy atom. The number of hydrogen-bond donors (Lipinski definition) is 1. The van der Waals surface area contributed by atoms with Crippen molar-refractivity contribution in [2.24, 2.45) is 0 Å². The molecule has 0 aliphatic heterocycles. The van der Waals surface area contributed by atoms with Crippen molar-refractivity contribution in [2.75, 3.05) is 0 Å². The van der Waals surface area contributed by atoms with Crippen LogP contribution in [0.5, 0.6) is 0 Å². The molecule has 0 spiro atoms. The maximum Gasteiger partial charge on any atom is 0.293 e. The minimum Gasteiger partial charge on any atom is -0.358 e. The zero-order valence-electron chi connectivity index (χ0n) is 7.68. The molecule has 1 aromatic heterocycles. The summed E-state index contributed by atoms with van der Waals surface area (Å²) in [5.41, 5.74) is -0.437. The summed E-state index contributed by atoms with van der Waals surface area (Å²) >= 11 is 4.99. The van der Waals surface area contributed by atoms with Gasteiger partial charge in [0.1, 0.15) is 11.6 Å². The van der Waals surface area contributed by atoms with Gasteiger partial charge in [0.2, 0.25) is 5.78 Å². The monoisotopic (exact) mass is 243 g/mol. The summed E-state index contributed by atoms with van der Waals surface area (Å²) in [6.07, 6.45) is 1.06. The van der Waals surface area contributed by atoms with E-state index in [1.807, 2.05) is 0 Å².